The topological polar surface area (TPSA) is 72.5 Å². The van der Waals surface area contributed by atoms with Gasteiger partial charge in [0.15, 0.2) is 5.03 Å². The number of aromatic nitrogens is 2. The molecule has 0 amide bonds. The summed E-state index contributed by atoms with van der Waals surface area (Å²) >= 11 is 0. The van der Waals surface area contributed by atoms with E-state index in [-0.39, 0.29) is 5.03 Å². The number of aromatic amines is 1. The number of likely N-dealkylation sites (N-methyl/N-ethyl adjacent to an activating group) is 1. The van der Waals surface area contributed by atoms with Gasteiger partial charge in [-0.15, -0.1) is 0 Å². The zero-order valence-electron chi connectivity index (χ0n) is 11.7. The minimum Gasteiger partial charge on any atom is -0.335 e. The Morgan fingerprint density at radius 1 is 1.30 bits per heavy atom. The molecule has 20 heavy (non-hydrogen) atoms. The van der Waals surface area contributed by atoms with Gasteiger partial charge in [-0.2, -0.15) is 4.31 Å². The molecule has 0 radical (unpaired) electrons. The summed E-state index contributed by atoms with van der Waals surface area (Å²) in [6, 6.07) is 0.367. The van der Waals surface area contributed by atoms with Crippen LogP contribution in [-0.2, 0) is 10.0 Å². The number of hydrogen-bond acceptors (Lipinski definition) is 5. The van der Waals surface area contributed by atoms with Crippen LogP contribution in [0.4, 0.5) is 0 Å². The zero-order chi connectivity index (χ0) is 14.2. The molecule has 2 fully saturated rings. The van der Waals surface area contributed by atoms with E-state index in [4.69, 9.17) is 0 Å². The van der Waals surface area contributed by atoms with E-state index in [1.54, 1.807) is 0 Å². The van der Waals surface area contributed by atoms with Crippen molar-refractivity contribution in [3.63, 3.8) is 0 Å². The summed E-state index contributed by atoms with van der Waals surface area (Å²) in [5.74, 6) is 0. The molecule has 0 aliphatic carbocycles. The molecule has 1 aromatic heterocycles. The fourth-order valence-corrected chi connectivity index (χ4v) is 4.22. The Balaban J connectivity index is 1.54. The highest BCUT2D eigenvalue weighted by molar-refractivity contribution is 7.89. The maximum absolute atomic E-state index is 12.2. The van der Waals surface area contributed by atoms with Gasteiger partial charge in [-0.25, -0.2) is 13.4 Å². The maximum Gasteiger partial charge on any atom is 0.260 e. The smallest absolute Gasteiger partial charge is 0.260 e. The van der Waals surface area contributed by atoms with Gasteiger partial charge in [0.05, 0.1) is 12.5 Å². The summed E-state index contributed by atoms with van der Waals surface area (Å²) in [4.78, 5) is 11.3. The Hall–Kier alpha value is -0.960. The van der Waals surface area contributed by atoms with Gasteiger partial charge in [-0.3, -0.25) is 4.90 Å². The Labute approximate surface area is 119 Å². The van der Waals surface area contributed by atoms with Crippen molar-refractivity contribution in [2.45, 2.75) is 18.0 Å². The number of piperazine rings is 1. The first-order valence-corrected chi connectivity index (χ1v) is 8.50. The first kappa shape index (κ1) is 14.0. The highest BCUT2D eigenvalue weighted by Crippen LogP contribution is 2.23. The summed E-state index contributed by atoms with van der Waals surface area (Å²) < 4.78 is 26.0. The molecule has 3 rings (SSSR count). The molecular formula is C12H21N5O2S. The lowest BCUT2D eigenvalue weighted by Gasteiger charge is -2.47. The number of nitrogens with zero attached hydrogens (tertiary/aromatic N) is 4. The van der Waals surface area contributed by atoms with E-state index in [2.05, 4.69) is 26.7 Å². The Bertz CT molecular complexity index is 530. The number of H-pyrrole nitrogens is 1. The van der Waals surface area contributed by atoms with Gasteiger partial charge in [-0.1, -0.05) is 6.92 Å². The molecule has 1 N–H and O–H groups in total. The van der Waals surface area contributed by atoms with E-state index in [1.165, 1.54) is 16.8 Å². The van der Waals surface area contributed by atoms with Gasteiger partial charge in [0, 0.05) is 45.3 Å². The third-order valence-corrected chi connectivity index (χ3v) is 6.05. The van der Waals surface area contributed by atoms with Gasteiger partial charge in [0.1, 0.15) is 0 Å². The van der Waals surface area contributed by atoms with E-state index in [0.717, 1.165) is 32.7 Å². The summed E-state index contributed by atoms with van der Waals surface area (Å²) in [7, 11) is -3.37. The van der Waals surface area contributed by atoms with Gasteiger partial charge < -0.3 is 9.88 Å². The van der Waals surface area contributed by atoms with Crippen molar-refractivity contribution in [3.8, 4) is 0 Å². The molecular weight excluding hydrogens is 278 g/mol. The van der Waals surface area contributed by atoms with Crippen LogP contribution in [0.5, 0.6) is 0 Å². The lowest BCUT2D eigenvalue weighted by molar-refractivity contribution is 0.0424. The summed E-state index contributed by atoms with van der Waals surface area (Å²) in [6.45, 7) is 8.70. The second-order valence-electron chi connectivity index (χ2n) is 5.36. The van der Waals surface area contributed by atoms with E-state index in [0.29, 0.717) is 19.1 Å². The van der Waals surface area contributed by atoms with Crippen molar-refractivity contribution in [1.29, 1.82) is 0 Å². The first-order valence-electron chi connectivity index (χ1n) is 7.06. The molecule has 0 spiro atoms. The van der Waals surface area contributed by atoms with Crippen LogP contribution in [0.25, 0.3) is 0 Å². The van der Waals surface area contributed by atoms with Crippen LogP contribution in [-0.4, -0.2) is 84.3 Å². The largest absolute Gasteiger partial charge is 0.335 e. The molecule has 2 aliphatic heterocycles. The van der Waals surface area contributed by atoms with E-state index >= 15 is 0 Å². The van der Waals surface area contributed by atoms with E-state index < -0.39 is 10.0 Å². The molecule has 7 nitrogen and oxygen atoms in total. The third-order valence-electron chi connectivity index (χ3n) is 4.29. The fraction of sp³-hybridized carbons (Fsp3) is 0.750. The van der Waals surface area contributed by atoms with Crippen LogP contribution < -0.4 is 0 Å². The van der Waals surface area contributed by atoms with Crippen molar-refractivity contribution in [2.24, 2.45) is 0 Å². The fourth-order valence-electron chi connectivity index (χ4n) is 2.81. The van der Waals surface area contributed by atoms with Crippen LogP contribution in [0.2, 0.25) is 0 Å². The average Bonchev–Trinajstić information content (AvgIpc) is 2.92. The minimum absolute atomic E-state index is 0.187. The van der Waals surface area contributed by atoms with E-state index in [9.17, 15) is 8.42 Å². The number of sulfonamides is 1. The highest BCUT2D eigenvalue weighted by atomic mass is 32.2. The second kappa shape index (κ2) is 5.44. The van der Waals surface area contributed by atoms with Crippen LogP contribution >= 0.6 is 0 Å². The number of hydrogen-bond donors (Lipinski definition) is 1. The predicted octanol–water partition coefficient (Wildman–Crippen LogP) is -0.580. The van der Waals surface area contributed by atoms with Crippen LogP contribution in [0.15, 0.2) is 17.6 Å². The van der Waals surface area contributed by atoms with Gasteiger partial charge in [0.25, 0.3) is 10.0 Å². The van der Waals surface area contributed by atoms with Crippen LogP contribution in [0.1, 0.15) is 6.92 Å². The van der Waals surface area contributed by atoms with Crippen LogP contribution in [0, 0.1) is 0 Å². The summed E-state index contributed by atoms with van der Waals surface area (Å²) in [6.07, 6.45) is 2.76. The zero-order valence-corrected chi connectivity index (χ0v) is 12.5. The van der Waals surface area contributed by atoms with Crippen LogP contribution in [0.3, 0.4) is 0 Å². The van der Waals surface area contributed by atoms with Crippen molar-refractivity contribution < 1.29 is 8.42 Å². The molecule has 0 aromatic carbocycles. The molecule has 2 aliphatic rings. The normalized spacial score (nSPS) is 23.9. The quantitative estimate of drug-likeness (QED) is 0.805. The minimum atomic E-state index is -3.37. The summed E-state index contributed by atoms with van der Waals surface area (Å²) in [5, 5.41) is 0.187. The molecule has 8 heteroatoms. The lowest BCUT2D eigenvalue weighted by atomic mass is 10.1. The van der Waals surface area contributed by atoms with Gasteiger partial charge >= 0.3 is 0 Å². The van der Waals surface area contributed by atoms with Crippen molar-refractivity contribution in [1.82, 2.24) is 24.1 Å². The van der Waals surface area contributed by atoms with Gasteiger partial charge in [-0.05, 0) is 6.54 Å². The molecule has 1 aromatic rings. The SMILES string of the molecule is CCN1CCN(C2CN(S(=O)(=O)c3cnc[nH]3)C2)CC1. The van der Waals surface area contributed by atoms with E-state index in [1.807, 2.05) is 0 Å². The standard InChI is InChI=1S/C12H21N5O2S/c1-2-15-3-5-16(6-4-15)11-8-17(9-11)20(18,19)12-7-13-10-14-12/h7,10-11H,2-6,8-9H2,1H3,(H,13,14). The van der Waals surface area contributed by atoms with Crippen molar-refractivity contribution >= 4 is 10.0 Å². The molecule has 3 heterocycles. The molecule has 112 valence electrons. The lowest BCUT2D eigenvalue weighted by Crippen LogP contribution is -2.64. The number of imidazole rings is 1. The monoisotopic (exact) mass is 299 g/mol. The first-order chi connectivity index (χ1) is 9.61. The highest BCUT2D eigenvalue weighted by Gasteiger charge is 2.40. The molecule has 0 unspecified atom stereocenters. The molecule has 0 bridgehead atoms. The summed E-state index contributed by atoms with van der Waals surface area (Å²) in [5.41, 5.74) is 0. The Morgan fingerprint density at radius 2 is 2.00 bits per heavy atom. The van der Waals surface area contributed by atoms with Crippen molar-refractivity contribution in [3.05, 3.63) is 12.5 Å². The van der Waals surface area contributed by atoms with Gasteiger partial charge in [0.2, 0.25) is 0 Å². The molecule has 0 saturated carbocycles. The second-order valence-corrected chi connectivity index (χ2v) is 7.27. The number of nitrogens with one attached hydrogen (secondary N) is 1. The van der Waals surface area contributed by atoms with Crippen molar-refractivity contribution in [2.75, 3.05) is 45.8 Å². The molecule has 2 saturated heterocycles. The maximum atomic E-state index is 12.2. The Morgan fingerprint density at radius 3 is 2.55 bits per heavy atom. The Kier molecular flexibility index (Phi) is 3.80. The number of rotatable bonds is 4. The third kappa shape index (κ3) is 2.48. The molecule has 0 atom stereocenters. The average molecular weight is 299 g/mol. The predicted molar refractivity (Wildman–Crippen MR) is 74.8 cm³/mol.